The Morgan fingerprint density at radius 3 is 2.52 bits per heavy atom. The van der Waals surface area contributed by atoms with Crippen molar-refractivity contribution in [2.24, 2.45) is 11.8 Å². The first kappa shape index (κ1) is 20.5. The van der Waals surface area contributed by atoms with Gasteiger partial charge in [0.15, 0.2) is 6.10 Å². The largest absolute Gasteiger partial charge is 0.452 e. The molecule has 1 saturated heterocycles. The van der Waals surface area contributed by atoms with Crippen molar-refractivity contribution in [1.82, 2.24) is 4.90 Å². The molecule has 3 amide bonds. The van der Waals surface area contributed by atoms with E-state index in [1.54, 1.807) is 18.2 Å². The van der Waals surface area contributed by atoms with Crippen molar-refractivity contribution in [2.75, 3.05) is 11.9 Å². The summed E-state index contributed by atoms with van der Waals surface area (Å²) in [7, 11) is 0. The molecule has 2 fully saturated rings. The van der Waals surface area contributed by atoms with Crippen molar-refractivity contribution < 1.29 is 23.9 Å². The molecule has 1 aromatic rings. The van der Waals surface area contributed by atoms with Gasteiger partial charge in [-0.25, -0.2) is 0 Å². The summed E-state index contributed by atoms with van der Waals surface area (Å²) in [4.78, 5) is 50.3. The van der Waals surface area contributed by atoms with Crippen LogP contribution in [0.5, 0.6) is 0 Å². The lowest BCUT2D eigenvalue weighted by molar-refractivity contribution is -0.154. The Bertz CT molecular complexity index is 851. The number of nitrogens with zero attached hydrogens (tertiary/aromatic N) is 2. The molecule has 1 aliphatic carbocycles. The van der Waals surface area contributed by atoms with Crippen molar-refractivity contribution in [2.45, 2.75) is 45.1 Å². The third kappa shape index (κ3) is 4.62. The lowest BCUT2D eigenvalue weighted by atomic mass is 9.81. The number of ether oxygens (including phenoxy) is 1. The molecule has 0 spiro atoms. The summed E-state index contributed by atoms with van der Waals surface area (Å²) in [6, 6.07) is 8.35. The average Bonchev–Trinajstić information content (AvgIpc) is 2.97. The number of likely N-dealkylation sites (tertiary alicyclic amines) is 1. The van der Waals surface area contributed by atoms with E-state index in [9.17, 15) is 19.2 Å². The van der Waals surface area contributed by atoms with Gasteiger partial charge in [0.05, 0.1) is 29.9 Å². The summed E-state index contributed by atoms with van der Waals surface area (Å²) in [5, 5.41) is 11.5. The number of amides is 3. The molecule has 0 radical (unpaired) electrons. The second-order valence-electron chi connectivity index (χ2n) is 7.39. The van der Waals surface area contributed by atoms with Crippen LogP contribution < -0.4 is 5.32 Å². The highest BCUT2D eigenvalue weighted by Gasteiger charge is 2.47. The van der Waals surface area contributed by atoms with Crippen LogP contribution in [0.25, 0.3) is 0 Å². The maximum Gasteiger partial charge on any atom is 0.308 e. The molecule has 1 saturated carbocycles. The molecule has 8 heteroatoms. The van der Waals surface area contributed by atoms with E-state index >= 15 is 0 Å². The molecular formula is C21H23N3O5. The number of carbonyl (C=O) groups excluding carboxylic acids is 4. The van der Waals surface area contributed by atoms with Crippen LogP contribution in [0.2, 0.25) is 0 Å². The van der Waals surface area contributed by atoms with Crippen molar-refractivity contribution in [3.63, 3.8) is 0 Å². The zero-order valence-electron chi connectivity index (χ0n) is 16.2. The van der Waals surface area contributed by atoms with E-state index in [2.05, 4.69) is 5.32 Å². The first-order chi connectivity index (χ1) is 13.9. The van der Waals surface area contributed by atoms with Crippen LogP contribution in [0.1, 0.15) is 44.6 Å². The van der Waals surface area contributed by atoms with Gasteiger partial charge in [0.2, 0.25) is 11.8 Å². The second kappa shape index (κ2) is 8.86. The third-order valence-corrected chi connectivity index (χ3v) is 5.41. The van der Waals surface area contributed by atoms with E-state index in [0.29, 0.717) is 11.3 Å². The van der Waals surface area contributed by atoms with Crippen molar-refractivity contribution in [3.8, 4) is 6.07 Å². The molecule has 1 heterocycles. The summed E-state index contributed by atoms with van der Waals surface area (Å²) in [5.41, 5.74) is 0.820. The first-order valence-electron chi connectivity index (χ1n) is 9.76. The predicted molar refractivity (Wildman–Crippen MR) is 102 cm³/mol. The number of anilines is 1. The molecule has 3 atom stereocenters. The van der Waals surface area contributed by atoms with Gasteiger partial charge in [0.25, 0.3) is 5.91 Å². The van der Waals surface area contributed by atoms with Gasteiger partial charge in [0, 0.05) is 12.2 Å². The maximum absolute atomic E-state index is 12.4. The number of fused-ring (bicyclic) bond motifs is 1. The molecule has 152 valence electrons. The van der Waals surface area contributed by atoms with Crippen molar-refractivity contribution >= 4 is 29.4 Å². The van der Waals surface area contributed by atoms with Crippen molar-refractivity contribution in [1.29, 1.82) is 5.26 Å². The minimum absolute atomic E-state index is 0.0257. The minimum Gasteiger partial charge on any atom is -0.452 e. The quantitative estimate of drug-likeness (QED) is 0.580. The number of rotatable bonds is 6. The number of esters is 1. The Labute approximate surface area is 168 Å². The van der Waals surface area contributed by atoms with E-state index in [4.69, 9.17) is 10.00 Å². The van der Waals surface area contributed by atoms with Gasteiger partial charge in [0.1, 0.15) is 0 Å². The van der Waals surface area contributed by atoms with E-state index in [1.165, 1.54) is 17.9 Å². The Morgan fingerprint density at radius 1 is 1.24 bits per heavy atom. The van der Waals surface area contributed by atoms with Crippen LogP contribution in [0.15, 0.2) is 24.3 Å². The number of nitriles is 1. The highest BCUT2D eigenvalue weighted by Crippen LogP contribution is 2.37. The van der Waals surface area contributed by atoms with E-state index in [1.807, 2.05) is 6.07 Å². The molecule has 29 heavy (non-hydrogen) atoms. The normalized spacial score (nSPS) is 21.9. The smallest absolute Gasteiger partial charge is 0.308 e. The zero-order chi connectivity index (χ0) is 21.0. The highest BCUT2D eigenvalue weighted by atomic mass is 16.5. The van der Waals surface area contributed by atoms with Gasteiger partial charge >= 0.3 is 5.97 Å². The molecule has 1 N–H and O–H groups in total. The summed E-state index contributed by atoms with van der Waals surface area (Å²) in [5.74, 6) is -2.09. The molecule has 1 aliphatic heterocycles. The third-order valence-electron chi connectivity index (χ3n) is 5.41. The number of imide groups is 1. The first-order valence-corrected chi connectivity index (χ1v) is 9.76. The number of carbonyl (C=O) groups is 4. The SMILES string of the molecule is C[C@H](OC(=O)CCN1C(=O)[C@@H]2CCCC[C@H]2C1=O)C(=O)Nc1cccc(C#N)c1. The Balaban J connectivity index is 1.48. The summed E-state index contributed by atoms with van der Waals surface area (Å²) in [6.07, 6.45) is 2.12. The van der Waals surface area contributed by atoms with Crippen LogP contribution in [0.4, 0.5) is 5.69 Å². The number of hydrogen-bond acceptors (Lipinski definition) is 6. The molecule has 3 rings (SSSR count). The monoisotopic (exact) mass is 397 g/mol. The lowest BCUT2D eigenvalue weighted by Crippen LogP contribution is -2.35. The molecule has 2 aliphatic rings. The fourth-order valence-corrected chi connectivity index (χ4v) is 3.87. The van der Waals surface area contributed by atoms with Crippen LogP contribution in [-0.4, -0.2) is 41.2 Å². The Hall–Kier alpha value is -3.21. The summed E-state index contributed by atoms with van der Waals surface area (Å²) < 4.78 is 5.12. The second-order valence-corrected chi connectivity index (χ2v) is 7.39. The van der Waals surface area contributed by atoms with Gasteiger partial charge in [-0.15, -0.1) is 0 Å². The van der Waals surface area contributed by atoms with Gasteiger partial charge in [-0.3, -0.25) is 24.1 Å². The van der Waals surface area contributed by atoms with Crippen LogP contribution in [0.3, 0.4) is 0 Å². The van der Waals surface area contributed by atoms with Crippen LogP contribution in [0, 0.1) is 23.2 Å². The highest BCUT2D eigenvalue weighted by molar-refractivity contribution is 6.05. The minimum atomic E-state index is -1.05. The number of nitrogens with one attached hydrogen (secondary N) is 1. The molecular weight excluding hydrogens is 374 g/mol. The fraction of sp³-hybridized carbons (Fsp3) is 0.476. The van der Waals surface area contributed by atoms with E-state index < -0.39 is 18.0 Å². The molecule has 1 aromatic carbocycles. The van der Waals surface area contributed by atoms with E-state index in [0.717, 1.165) is 25.7 Å². The standard InChI is InChI=1S/C21H23N3O5/c1-13(19(26)23-15-6-4-5-14(11-15)12-22)29-18(25)9-10-24-20(27)16-7-2-3-8-17(16)21(24)28/h4-6,11,13,16-17H,2-3,7-10H2,1H3,(H,23,26)/t13-,16+,17+/m0/s1. The van der Waals surface area contributed by atoms with Gasteiger partial charge < -0.3 is 10.1 Å². The Kier molecular flexibility index (Phi) is 6.27. The number of benzene rings is 1. The topological polar surface area (TPSA) is 117 Å². The molecule has 0 unspecified atom stereocenters. The number of hydrogen-bond donors (Lipinski definition) is 1. The predicted octanol–water partition coefficient (Wildman–Crippen LogP) is 1.99. The summed E-state index contributed by atoms with van der Waals surface area (Å²) in [6.45, 7) is 1.41. The van der Waals surface area contributed by atoms with Gasteiger partial charge in [-0.05, 0) is 38.0 Å². The lowest BCUT2D eigenvalue weighted by Gasteiger charge is -2.19. The summed E-state index contributed by atoms with van der Waals surface area (Å²) >= 11 is 0. The molecule has 0 bridgehead atoms. The zero-order valence-corrected chi connectivity index (χ0v) is 16.2. The van der Waals surface area contributed by atoms with Crippen molar-refractivity contribution in [3.05, 3.63) is 29.8 Å². The van der Waals surface area contributed by atoms with Gasteiger partial charge in [-0.1, -0.05) is 18.9 Å². The molecule has 8 nitrogen and oxygen atoms in total. The molecule has 0 aromatic heterocycles. The fourth-order valence-electron chi connectivity index (χ4n) is 3.87. The maximum atomic E-state index is 12.4. The van der Waals surface area contributed by atoms with E-state index in [-0.39, 0.29) is 36.6 Å². The van der Waals surface area contributed by atoms with Gasteiger partial charge in [-0.2, -0.15) is 5.26 Å². The van der Waals surface area contributed by atoms with Crippen LogP contribution in [-0.2, 0) is 23.9 Å². The Morgan fingerprint density at radius 2 is 1.90 bits per heavy atom. The van der Waals surface area contributed by atoms with Crippen LogP contribution >= 0.6 is 0 Å². The average molecular weight is 397 g/mol.